The van der Waals surface area contributed by atoms with E-state index in [9.17, 15) is 0 Å². The van der Waals surface area contributed by atoms with Gasteiger partial charge >= 0.3 is 0 Å². The van der Waals surface area contributed by atoms with E-state index in [0.29, 0.717) is 6.04 Å². The third-order valence-corrected chi connectivity index (χ3v) is 3.88. The summed E-state index contributed by atoms with van der Waals surface area (Å²) >= 11 is 3.49. The highest BCUT2D eigenvalue weighted by molar-refractivity contribution is 9.10. The van der Waals surface area contributed by atoms with Gasteiger partial charge in [0.25, 0.3) is 0 Å². The maximum absolute atomic E-state index is 3.67. The molecule has 1 aliphatic rings. The molecule has 0 amide bonds. The van der Waals surface area contributed by atoms with Crippen LogP contribution in [0.15, 0.2) is 22.7 Å². The van der Waals surface area contributed by atoms with Gasteiger partial charge in [0.15, 0.2) is 0 Å². The molecule has 1 fully saturated rings. The van der Waals surface area contributed by atoms with Crippen molar-refractivity contribution >= 4 is 21.6 Å². The molecule has 2 rings (SSSR count). The number of hydrogen-bond donors (Lipinski definition) is 1. The highest BCUT2D eigenvalue weighted by atomic mass is 79.9. The van der Waals surface area contributed by atoms with E-state index in [4.69, 9.17) is 0 Å². The molecule has 2 unspecified atom stereocenters. The fourth-order valence-corrected chi connectivity index (χ4v) is 2.82. The number of hydrogen-bond acceptors (Lipinski definition) is 1. The lowest BCUT2D eigenvalue weighted by Gasteiger charge is -2.20. The number of rotatable bonds is 2. The second-order valence-corrected chi connectivity index (χ2v) is 5.53. The van der Waals surface area contributed by atoms with Crippen LogP contribution >= 0.6 is 15.9 Å². The lowest BCUT2D eigenvalue weighted by molar-refractivity contribution is 0.556. The molecule has 1 aliphatic carbocycles. The van der Waals surface area contributed by atoms with Gasteiger partial charge in [-0.05, 0) is 49.4 Å². The second-order valence-electron chi connectivity index (χ2n) is 4.62. The van der Waals surface area contributed by atoms with Crippen molar-refractivity contribution in [1.29, 1.82) is 0 Å². The van der Waals surface area contributed by atoms with Crippen molar-refractivity contribution in [3.8, 4) is 0 Å². The molecule has 0 aromatic heterocycles. The SMILES string of the molecule is Cc1cc(Br)ccc1NC1CCCC1C. The van der Waals surface area contributed by atoms with Crippen molar-refractivity contribution in [2.24, 2.45) is 5.92 Å². The summed E-state index contributed by atoms with van der Waals surface area (Å²) in [5, 5.41) is 3.67. The molecule has 1 aromatic rings. The molecule has 0 saturated heterocycles. The molecule has 2 atom stereocenters. The third kappa shape index (κ3) is 2.54. The molecule has 1 aromatic carbocycles. The van der Waals surface area contributed by atoms with Crippen LogP contribution in [-0.2, 0) is 0 Å². The van der Waals surface area contributed by atoms with Gasteiger partial charge < -0.3 is 5.32 Å². The minimum atomic E-state index is 0.671. The second kappa shape index (κ2) is 4.56. The Labute approximate surface area is 100 Å². The summed E-state index contributed by atoms with van der Waals surface area (Å²) in [4.78, 5) is 0. The fourth-order valence-electron chi connectivity index (χ4n) is 2.35. The fraction of sp³-hybridized carbons (Fsp3) is 0.538. The van der Waals surface area contributed by atoms with Crippen LogP contribution in [0.1, 0.15) is 31.7 Å². The van der Waals surface area contributed by atoms with Gasteiger partial charge in [0.1, 0.15) is 0 Å². The summed E-state index contributed by atoms with van der Waals surface area (Å²) in [7, 11) is 0. The Morgan fingerprint density at radius 1 is 1.33 bits per heavy atom. The van der Waals surface area contributed by atoms with Crippen LogP contribution in [0.4, 0.5) is 5.69 Å². The molecule has 0 spiro atoms. The largest absolute Gasteiger partial charge is 0.382 e. The molecule has 15 heavy (non-hydrogen) atoms. The van der Waals surface area contributed by atoms with E-state index in [1.165, 1.54) is 30.5 Å². The van der Waals surface area contributed by atoms with Gasteiger partial charge in [-0.15, -0.1) is 0 Å². The smallest absolute Gasteiger partial charge is 0.0372 e. The molecule has 0 bridgehead atoms. The summed E-state index contributed by atoms with van der Waals surface area (Å²) in [5.74, 6) is 0.813. The summed E-state index contributed by atoms with van der Waals surface area (Å²) < 4.78 is 1.16. The Morgan fingerprint density at radius 2 is 2.13 bits per heavy atom. The first-order valence-electron chi connectivity index (χ1n) is 5.69. The van der Waals surface area contributed by atoms with E-state index in [1.807, 2.05) is 0 Å². The number of benzene rings is 1. The van der Waals surface area contributed by atoms with Crippen LogP contribution in [0.2, 0.25) is 0 Å². The van der Waals surface area contributed by atoms with Crippen LogP contribution in [-0.4, -0.2) is 6.04 Å². The number of anilines is 1. The predicted molar refractivity (Wildman–Crippen MR) is 69.3 cm³/mol. The van der Waals surface area contributed by atoms with Gasteiger partial charge in [-0.2, -0.15) is 0 Å². The molecular weight excluding hydrogens is 250 g/mol. The first-order chi connectivity index (χ1) is 7.16. The average Bonchev–Trinajstić information content (AvgIpc) is 2.57. The minimum absolute atomic E-state index is 0.671. The van der Waals surface area contributed by atoms with Gasteiger partial charge in [-0.3, -0.25) is 0 Å². The number of aryl methyl sites for hydroxylation is 1. The Kier molecular flexibility index (Phi) is 3.35. The van der Waals surface area contributed by atoms with Crippen molar-refractivity contribution in [3.63, 3.8) is 0 Å². The van der Waals surface area contributed by atoms with Gasteiger partial charge in [0.2, 0.25) is 0 Å². The van der Waals surface area contributed by atoms with Gasteiger partial charge in [0.05, 0.1) is 0 Å². The third-order valence-electron chi connectivity index (χ3n) is 3.39. The Bertz CT molecular complexity index is 348. The van der Waals surface area contributed by atoms with Crippen LogP contribution in [0.25, 0.3) is 0 Å². The van der Waals surface area contributed by atoms with Crippen molar-refractivity contribution in [1.82, 2.24) is 0 Å². The zero-order valence-electron chi connectivity index (χ0n) is 9.39. The Morgan fingerprint density at radius 3 is 2.73 bits per heavy atom. The van der Waals surface area contributed by atoms with Crippen LogP contribution < -0.4 is 5.32 Å². The van der Waals surface area contributed by atoms with Gasteiger partial charge in [0, 0.05) is 16.2 Å². The van der Waals surface area contributed by atoms with Crippen molar-refractivity contribution < 1.29 is 0 Å². The molecule has 0 radical (unpaired) electrons. The van der Waals surface area contributed by atoms with E-state index >= 15 is 0 Å². The zero-order chi connectivity index (χ0) is 10.8. The normalized spacial score (nSPS) is 25.5. The summed E-state index contributed by atoms with van der Waals surface area (Å²) in [5.41, 5.74) is 2.61. The summed E-state index contributed by atoms with van der Waals surface area (Å²) in [6.07, 6.45) is 4.05. The lowest BCUT2D eigenvalue weighted by Crippen LogP contribution is -2.22. The molecule has 0 heterocycles. The summed E-state index contributed by atoms with van der Waals surface area (Å²) in [6.45, 7) is 4.51. The van der Waals surface area contributed by atoms with Crippen molar-refractivity contribution in [3.05, 3.63) is 28.2 Å². The number of nitrogens with one attached hydrogen (secondary N) is 1. The Hall–Kier alpha value is -0.500. The van der Waals surface area contributed by atoms with E-state index in [1.54, 1.807) is 0 Å². The summed E-state index contributed by atoms with van der Waals surface area (Å²) in [6, 6.07) is 7.12. The van der Waals surface area contributed by atoms with Crippen LogP contribution in [0.5, 0.6) is 0 Å². The van der Waals surface area contributed by atoms with Crippen molar-refractivity contribution in [2.75, 3.05) is 5.32 Å². The minimum Gasteiger partial charge on any atom is -0.382 e. The predicted octanol–water partition coefficient (Wildman–Crippen LogP) is 4.36. The van der Waals surface area contributed by atoms with Crippen LogP contribution in [0, 0.1) is 12.8 Å². The van der Waals surface area contributed by atoms with E-state index in [-0.39, 0.29) is 0 Å². The topological polar surface area (TPSA) is 12.0 Å². The van der Waals surface area contributed by atoms with Crippen LogP contribution in [0.3, 0.4) is 0 Å². The van der Waals surface area contributed by atoms with E-state index in [2.05, 4.69) is 53.3 Å². The number of halogens is 1. The average molecular weight is 268 g/mol. The molecule has 0 aliphatic heterocycles. The first kappa shape index (κ1) is 11.0. The molecule has 1 N–H and O–H groups in total. The van der Waals surface area contributed by atoms with E-state index in [0.717, 1.165) is 10.4 Å². The molecule has 1 saturated carbocycles. The molecule has 1 nitrogen and oxygen atoms in total. The molecular formula is C13H18BrN. The highest BCUT2D eigenvalue weighted by Crippen LogP contribution is 2.29. The lowest BCUT2D eigenvalue weighted by atomic mass is 10.1. The Balaban J connectivity index is 2.10. The molecule has 82 valence electrons. The highest BCUT2D eigenvalue weighted by Gasteiger charge is 2.23. The first-order valence-corrected chi connectivity index (χ1v) is 6.49. The molecule has 2 heteroatoms. The van der Waals surface area contributed by atoms with Gasteiger partial charge in [-0.25, -0.2) is 0 Å². The monoisotopic (exact) mass is 267 g/mol. The van der Waals surface area contributed by atoms with Crippen molar-refractivity contribution in [2.45, 2.75) is 39.2 Å². The van der Waals surface area contributed by atoms with Gasteiger partial charge in [-0.1, -0.05) is 29.3 Å². The quantitative estimate of drug-likeness (QED) is 0.840. The zero-order valence-corrected chi connectivity index (χ0v) is 11.0. The van der Waals surface area contributed by atoms with E-state index < -0.39 is 0 Å². The maximum atomic E-state index is 3.67. The maximum Gasteiger partial charge on any atom is 0.0372 e. The standard InChI is InChI=1S/C13H18BrN/c1-9-4-3-5-12(9)15-13-7-6-11(14)8-10(13)2/h6-9,12,15H,3-5H2,1-2H3.